The molecule has 28 heavy (non-hydrogen) atoms. The molecule has 1 atom stereocenters. The summed E-state index contributed by atoms with van der Waals surface area (Å²) in [6, 6.07) is 8.44. The summed E-state index contributed by atoms with van der Waals surface area (Å²) in [7, 11) is 0. The molecular weight excluding hydrogens is 360 g/mol. The van der Waals surface area contributed by atoms with Gasteiger partial charge in [0.15, 0.2) is 0 Å². The largest absolute Gasteiger partial charge is 0.466 e. The van der Waals surface area contributed by atoms with Crippen molar-refractivity contribution in [1.29, 1.82) is 0 Å². The first-order valence-corrected chi connectivity index (χ1v) is 8.84. The quantitative estimate of drug-likeness (QED) is 0.504. The molecule has 0 bridgehead atoms. The van der Waals surface area contributed by atoms with Gasteiger partial charge in [-0.25, -0.2) is 0 Å². The Morgan fingerprint density at radius 3 is 2.57 bits per heavy atom. The van der Waals surface area contributed by atoms with E-state index >= 15 is 0 Å². The Bertz CT molecular complexity index is 1030. The zero-order valence-electron chi connectivity index (χ0n) is 15.9. The maximum atomic E-state index is 12.6. The van der Waals surface area contributed by atoms with Crippen LogP contribution in [0.3, 0.4) is 0 Å². The number of aromatic amines is 1. The molecule has 2 heterocycles. The summed E-state index contributed by atoms with van der Waals surface area (Å²) in [5.74, 6) is -0.290. The summed E-state index contributed by atoms with van der Waals surface area (Å²) in [6.45, 7) is 4.74. The monoisotopic (exact) mass is 382 g/mol. The zero-order valence-corrected chi connectivity index (χ0v) is 15.9. The number of hydrazine groups is 1. The molecule has 3 amide bonds. The molecule has 0 saturated heterocycles. The number of aromatic nitrogens is 1. The van der Waals surface area contributed by atoms with Gasteiger partial charge in [0.1, 0.15) is 17.6 Å². The standard InChI is InChI=1S/C20H22N4O4/c1-11-8-16(12(2)28-11)19(26)23-24-20(27)18(22-13(3)25)9-14-10-21-17-7-5-4-6-15(14)17/h4-8,10,18,21H,9H2,1-3H3,(H,22,25)(H,23,26)(H,24,27)/t18-/m0/s1. The number of aryl methyl sites for hydroxylation is 2. The maximum Gasteiger partial charge on any atom is 0.273 e. The SMILES string of the molecule is CC(=O)N[C@@H](Cc1c[nH]c2ccccc12)C(=O)NNC(=O)c1cc(C)oc1C. The average molecular weight is 382 g/mol. The second kappa shape index (κ2) is 7.99. The van der Waals surface area contributed by atoms with Crippen LogP contribution in [0.1, 0.15) is 34.4 Å². The Hall–Kier alpha value is -3.55. The van der Waals surface area contributed by atoms with Crippen LogP contribution >= 0.6 is 0 Å². The molecule has 4 N–H and O–H groups in total. The second-order valence-corrected chi connectivity index (χ2v) is 6.59. The Morgan fingerprint density at radius 1 is 1.14 bits per heavy atom. The molecule has 3 rings (SSSR count). The molecule has 8 nitrogen and oxygen atoms in total. The highest BCUT2D eigenvalue weighted by Crippen LogP contribution is 2.19. The summed E-state index contributed by atoms with van der Waals surface area (Å²) in [5.41, 5.74) is 6.91. The zero-order chi connectivity index (χ0) is 20.3. The van der Waals surface area contributed by atoms with Crippen molar-refractivity contribution in [2.75, 3.05) is 0 Å². The van der Waals surface area contributed by atoms with Crippen molar-refractivity contribution in [2.24, 2.45) is 0 Å². The van der Waals surface area contributed by atoms with Crippen LogP contribution < -0.4 is 16.2 Å². The summed E-state index contributed by atoms with van der Waals surface area (Å²) in [4.78, 5) is 39.5. The van der Waals surface area contributed by atoms with Crippen LogP contribution in [0.2, 0.25) is 0 Å². The van der Waals surface area contributed by atoms with Crippen LogP contribution in [0, 0.1) is 13.8 Å². The fourth-order valence-corrected chi connectivity index (χ4v) is 3.10. The Balaban J connectivity index is 1.70. The lowest BCUT2D eigenvalue weighted by Crippen LogP contribution is -2.52. The molecule has 0 saturated carbocycles. The van der Waals surface area contributed by atoms with E-state index in [0.29, 0.717) is 17.1 Å². The van der Waals surface area contributed by atoms with Gasteiger partial charge in [0.05, 0.1) is 5.56 Å². The van der Waals surface area contributed by atoms with E-state index in [0.717, 1.165) is 16.5 Å². The molecule has 0 fully saturated rings. The van der Waals surface area contributed by atoms with Gasteiger partial charge >= 0.3 is 0 Å². The van der Waals surface area contributed by atoms with Crippen LogP contribution in [0.4, 0.5) is 0 Å². The van der Waals surface area contributed by atoms with Gasteiger partial charge in [-0.2, -0.15) is 0 Å². The van der Waals surface area contributed by atoms with E-state index < -0.39 is 17.9 Å². The van der Waals surface area contributed by atoms with E-state index in [1.807, 2.05) is 30.5 Å². The molecule has 8 heteroatoms. The number of para-hydroxylation sites is 1. The molecule has 0 aliphatic rings. The van der Waals surface area contributed by atoms with Gasteiger partial charge in [-0.1, -0.05) is 18.2 Å². The maximum absolute atomic E-state index is 12.6. The fourth-order valence-electron chi connectivity index (χ4n) is 3.10. The minimum Gasteiger partial charge on any atom is -0.466 e. The number of benzene rings is 1. The molecule has 0 aliphatic heterocycles. The third kappa shape index (κ3) is 4.22. The number of hydrogen-bond acceptors (Lipinski definition) is 4. The third-order valence-corrected chi connectivity index (χ3v) is 4.38. The van der Waals surface area contributed by atoms with Crippen LogP contribution in [0.15, 0.2) is 40.9 Å². The smallest absolute Gasteiger partial charge is 0.273 e. The Labute approximate surface area is 161 Å². The Kier molecular flexibility index (Phi) is 5.49. The molecule has 1 aromatic carbocycles. The van der Waals surface area contributed by atoms with E-state index in [2.05, 4.69) is 21.2 Å². The van der Waals surface area contributed by atoms with Crippen molar-refractivity contribution < 1.29 is 18.8 Å². The first kappa shape index (κ1) is 19.2. The topological polar surface area (TPSA) is 116 Å². The second-order valence-electron chi connectivity index (χ2n) is 6.59. The first-order chi connectivity index (χ1) is 13.3. The van der Waals surface area contributed by atoms with E-state index in [1.54, 1.807) is 19.9 Å². The number of hydrogen-bond donors (Lipinski definition) is 4. The van der Waals surface area contributed by atoms with Crippen molar-refractivity contribution in [3.63, 3.8) is 0 Å². The fraction of sp³-hybridized carbons (Fsp3) is 0.250. The number of carbonyl (C=O) groups is 3. The number of amides is 3. The van der Waals surface area contributed by atoms with Crippen LogP contribution in [-0.2, 0) is 16.0 Å². The van der Waals surface area contributed by atoms with E-state index in [9.17, 15) is 14.4 Å². The number of rotatable bonds is 5. The minimum absolute atomic E-state index is 0.273. The summed E-state index contributed by atoms with van der Waals surface area (Å²) >= 11 is 0. The number of carbonyl (C=O) groups excluding carboxylic acids is 3. The summed E-state index contributed by atoms with van der Waals surface area (Å²) in [5, 5.41) is 3.60. The van der Waals surface area contributed by atoms with Crippen LogP contribution in [0.5, 0.6) is 0 Å². The van der Waals surface area contributed by atoms with E-state index in [1.165, 1.54) is 6.92 Å². The lowest BCUT2D eigenvalue weighted by Gasteiger charge is -2.17. The molecule has 0 spiro atoms. The van der Waals surface area contributed by atoms with Gasteiger partial charge in [0, 0.05) is 30.4 Å². The number of H-pyrrole nitrogens is 1. The van der Waals surface area contributed by atoms with Gasteiger partial charge in [0.25, 0.3) is 11.8 Å². The van der Waals surface area contributed by atoms with E-state index in [-0.39, 0.29) is 12.3 Å². The lowest BCUT2D eigenvalue weighted by atomic mass is 10.0. The molecule has 0 aliphatic carbocycles. The third-order valence-electron chi connectivity index (χ3n) is 4.38. The highest BCUT2D eigenvalue weighted by molar-refractivity contribution is 5.97. The van der Waals surface area contributed by atoms with Crippen molar-refractivity contribution in [3.05, 3.63) is 59.2 Å². The van der Waals surface area contributed by atoms with Crippen LogP contribution in [-0.4, -0.2) is 28.7 Å². The van der Waals surface area contributed by atoms with Gasteiger partial charge in [-0.3, -0.25) is 25.2 Å². The Morgan fingerprint density at radius 2 is 1.89 bits per heavy atom. The normalized spacial score (nSPS) is 11.8. The van der Waals surface area contributed by atoms with Crippen molar-refractivity contribution >= 4 is 28.6 Å². The van der Waals surface area contributed by atoms with Gasteiger partial charge in [-0.05, 0) is 31.5 Å². The minimum atomic E-state index is -0.843. The van der Waals surface area contributed by atoms with Gasteiger partial charge in [-0.15, -0.1) is 0 Å². The summed E-state index contributed by atoms with van der Waals surface area (Å²) < 4.78 is 5.32. The summed E-state index contributed by atoms with van der Waals surface area (Å²) in [6.07, 6.45) is 2.08. The first-order valence-electron chi connectivity index (χ1n) is 8.84. The number of fused-ring (bicyclic) bond motifs is 1. The van der Waals surface area contributed by atoms with E-state index in [4.69, 9.17) is 4.42 Å². The predicted octanol–water partition coefficient (Wildman–Crippen LogP) is 1.89. The average Bonchev–Trinajstić information content (AvgIpc) is 3.21. The molecule has 0 radical (unpaired) electrons. The van der Waals surface area contributed by atoms with Crippen molar-refractivity contribution in [2.45, 2.75) is 33.2 Å². The lowest BCUT2D eigenvalue weighted by molar-refractivity contribution is -0.128. The van der Waals surface area contributed by atoms with Gasteiger partial charge < -0.3 is 14.7 Å². The molecular formula is C20H22N4O4. The number of furan rings is 1. The number of nitrogens with one attached hydrogen (secondary N) is 4. The molecule has 2 aromatic heterocycles. The van der Waals surface area contributed by atoms with Crippen molar-refractivity contribution in [1.82, 2.24) is 21.2 Å². The molecule has 3 aromatic rings. The highest BCUT2D eigenvalue weighted by atomic mass is 16.3. The van der Waals surface area contributed by atoms with Crippen LogP contribution in [0.25, 0.3) is 10.9 Å². The van der Waals surface area contributed by atoms with Gasteiger partial charge in [0.2, 0.25) is 5.91 Å². The predicted molar refractivity (Wildman–Crippen MR) is 103 cm³/mol. The highest BCUT2D eigenvalue weighted by Gasteiger charge is 2.22. The molecule has 146 valence electrons. The molecule has 0 unspecified atom stereocenters. The van der Waals surface area contributed by atoms with Crippen molar-refractivity contribution in [3.8, 4) is 0 Å².